The lowest BCUT2D eigenvalue weighted by Crippen LogP contribution is -2.11. The van der Waals surface area contributed by atoms with Crippen molar-refractivity contribution in [1.29, 1.82) is 0 Å². The second-order valence-electron chi connectivity index (χ2n) is 7.21. The summed E-state index contributed by atoms with van der Waals surface area (Å²) in [4.78, 5) is 10.9. The average Bonchev–Trinajstić information content (AvgIpc) is 3.13. The molecule has 154 valence electrons. The molecule has 0 aliphatic heterocycles. The topological polar surface area (TPSA) is 45.5 Å². The van der Waals surface area contributed by atoms with Crippen LogP contribution in [0.5, 0.6) is 0 Å². The van der Waals surface area contributed by atoms with Crippen LogP contribution in [0.2, 0.25) is 0 Å². The van der Waals surface area contributed by atoms with E-state index in [1.165, 1.54) is 6.07 Å². The highest BCUT2D eigenvalue weighted by Gasteiger charge is 2.30. The Labute approximate surface area is 171 Å². The number of alkyl halides is 3. The third-order valence-electron chi connectivity index (χ3n) is 4.66. The summed E-state index contributed by atoms with van der Waals surface area (Å²) in [6, 6.07) is 13.1. The molecule has 0 aliphatic rings. The van der Waals surface area contributed by atoms with Crippen LogP contribution >= 0.6 is 0 Å². The Balaban J connectivity index is 1.74. The molecular weight excluding hydrogens is 391 g/mol. The van der Waals surface area contributed by atoms with Crippen molar-refractivity contribution in [2.75, 3.05) is 19.4 Å². The molecule has 0 bridgehead atoms. The number of nitrogens with zero attached hydrogens (tertiary/aromatic N) is 4. The van der Waals surface area contributed by atoms with Crippen molar-refractivity contribution in [3.63, 3.8) is 0 Å². The molecule has 8 heteroatoms. The average molecular weight is 411 g/mol. The van der Waals surface area contributed by atoms with Crippen LogP contribution in [0.4, 0.5) is 24.7 Å². The Morgan fingerprint density at radius 3 is 2.60 bits per heavy atom. The lowest BCUT2D eigenvalue weighted by molar-refractivity contribution is -0.137. The number of aromatic nitrogens is 3. The van der Waals surface area contributed by atoms with E-state index in [-0.39, 0.29) is 0 Å². The third kappa shape index (κ3) is 3.99. The van der Waals surface area contributed by atoms with Gasteiger partial charge in [-0.1, -0.05) is 30.3 Å². The molecule has 2 aromatic heterocycles. The molecule has 2 aromatic carbocycles. The summed E-state index contributed by atoms with van der Waals surface area (Å²) in [5.74, 6) is 0.383. The van der Waals surface area contributed by atoms with Crippen LogP contribution in [0.25, 0.3) is 16.9 Å². The number of anilines is 2. The lowest BCUT2D eigenvalue weighted by atomic mass is 10.0. The maximum absolute atomic E-state index is 13.0. The Bertz CT molecular complexity index is 1180. The Hall–Kier alpha value is -3.39. The number of benzene rings is 2. The zero-order valence-corrected chi connectivity index (χ0v) is 16.5. The molecule has 1 N–H and O–H groups in total. The monoisotopic (exact) mass is 411 g/mol. The van der Waals surface area contributed by atoms with Crippen molar-refractivity contribution in [1.82, 2.24) is 19.3 Å². The fourth-order valence-corrected chi connectivity index (χ4v) is 3.37. The molecular formula is C22H20F3N5. The highest BCUT2D eigenvalue weighted by atomic mass is 19.4. The molecule has 5 nitrogen and oxygen atoms in total. The van der Waals surface area contributed by atoms with Gasteiger partial charge in [0.1, 0.15) is 0 Å². The van der Waals surface area contributed by atoms with Crippen LogP contribution in [-0.2, 0) is 12.7 Å². The number of hydrogen-bond acceptors (Lipinski definition) is 4. The van der Waals surface area contributed by atoms with Gasteiger partial charge >= 0.3 is 6.18 Å². The van der Waals surface area contributed by atoms with Gasteiger partial charge in [0.15, 0.2) is 11.5 Å². The normalized spacial score (nSPS) is 11.9. The van der Waals surface area contributed by atoms with Gasteiger partial charge in [-0.3, -0.25) is 4.40 Å². The van der Waals surface area contributed by atoms with Gasteiger partial charge in [0, 0.05) is 30.2 Å². The van der Waals surface area contributed by atoms with Gasteiger partial charge in [-0.2, -0.15) is 13.2 Å². The largest absolute Gasteiger partial charge is 0.416 e. The summed E-state index contributed by atoms with van der Waals surface area (Å²) in [6.45, 7) is 0.768. The SMILES string of the molecule is CN(C)Cc1ccccc1-c1cnc2c(Nc3cccc(C(F)(F)F)c3)nccn12. The highest BCUT2D eigenvalue weighted by molar-refractivity contribution is 5.75. The maximum Gasteiger partial charge on any atom is 0.416 e. The number of nitrogens with one attached hydrogen (secondary N) is 1. The standard InChI is InChI=1S/C22H20F3N5/c1-29(2)14-15-6-3-4-9-18(15)19-13-27-21-20(26-10-11-30(19)21)28-17-8-5-7-16(12-17)22(23,24)25/h3-13H,14H2,1-2H3,(H,26,28). The summed E-state index contributed by atoms with van der Waals surface area (Å²) >= 11 is 0. The van der Waals surface area contributed by atoms with Gasteiger partial charge in [-0.25, -0.2) is 9.97 Å². The van der Waals surface area contributed by atoms with Crippen LogP contribution in [0.15, 0.2) is 67.1 Å². The van der Waals surface area contributed by atoms with Crippen LogP contribution in [0.3, 0.4) is 0 Å². The fourth-order valence-electron chi connectivity index (χ4n) is 3.37. The van der Waals surface area contributed by atoms with Crippen LogP contribution in [0.1, 0.15) is 11.1 Å². The minimum Gasteiger partial charge on any atom is -0.337 e. The molecule has 4 rings (SSSR count). The number of rotatable bonds is 5. The molecule has 0 saturated heterocycles. The third-order valence-corrected chi connectivity index (χ3v) is 4.66. The Kier molecular flexibility index (Phi) is 5.17. The summed E-state index contributed by atoms with van der Waals surface area (Å²) in [6.07, 6.45) is 0.737. The predicted molar refractivity (Wildman–Crippen MR) is 111 cm³/mol. The van der Waals surface area contributed by atoms with Gasteiger partial charge in [0.2, 0.25) is 0 Å². The molecule has 0 aliphatic carbocycles. The number of imidazole rings is 1. The molecule has 0 fully saturated rings. The summed E-state index contributed by atoms with van der Waals surface area (Å²) in [5, 5.41) is 2.97. The molecule has 0 unspecified atom stereocenters. The van der Waals surface area contributed by atoms with Crippen LogP contribution in [0, 0.1) is 0 Å². The van der Waals surface area contributed by atoms with E-state index in [2.05, 4.69) is 26.3 Å². The van der Waals surface area contributed by atoms with E-state index >= 15 is 0 Å². The predicted octanol–water partition coefficient (Wildman–Crippen LogP) is 5.22. The van der Waals surface area contributed by atoms with E-state index in [0.717, 1.165) is 35.5 Å². The van der Waals surface area contributed by atoms with Crippen molar-refractivity contribution in [2.24, 2.45) is 0 Å². The lowest BCUT2D eigenvalue weighted by Gasteiger charge is -2.14. The van der Waals surface area contributed by atoms with Gasteiger partial charge < -0.3 is 10.2 Å². The number of halogens is 3. The molecule has 2 heterocycles. The first-order valence-electron chi connectivity index (χ1n) is 9.32. The maximum atomic E-state index is 13.0. The second kappa shape index (κ2) is 7.79. The molecule has 0 saturated carbocycles. The van der Waals surface area contributed by atoms with Crippen molar-refractivity contribution >= 4 is 17.2 Å². The van der Waals surface area contributed by atoms with E-state index in [1.54, 1.807) is 24.7 Å². The van der Waals surface area contributed by atoms with Gasteiger partial charge in [0.05, 0.1) is 17.5 Å². The smallest absolute Gasteiger partial charge is 0.337 e. The van der Waals surface area contributed by atoms with Gasteiger partial charge in [-0.05, 0) is 37.9 Å². The van der Waals surface area contributed by atoms with E-state index in [4.69, 9.17) is 0 Å². The number of hydrogen-bond donors (Lipinski definition) is 1. The molecule has 0 atom stereocenters. The highest BCUT2D eigenvalue weighted by Crippen LogP contribution is 2.32. The summed E-state index contributed by atoms with van der Waals surface area (Å²) in [7, 11) is 4.01. The first-order valence-corrected chi connectivity index (χ1v) is 9.32. The second-order valence-corrected chi connectivity index (χ2v) is 7.21. The summed E-state index contributed by atoms with van der Waals surface area (Å²) < 4.78 is 40.9. The van der Waals surface area contributed by atoms with E-state index in [0.29, 0.717) is 17.2 Å². The van der Waals surface area contributed by atoms with Gasteiger partial charge in [-0.15, -0.1) is 0 Å². The minimum absolute atomic E-state index is 0.294. The Morgan fingerprint density at radius 1 is 1.03 bits per heavy atom. The van der Waals surface area contributed by atoms with Crippen LogP contribution in [-0.4, -0.2) is 33.4 Å². The quantitative estimate of drug-likeness (QED) is 0.489. The van der Waals surface area contributed by atoms with E-state index in [9.17, 15) is 13.2 Å². The van der Waals surface area contributed by atoms with Crippen molar-refractivity contribution in [3.8, 4) is 11.3 Å². The van der Waals surface area contributed by atoms with Crippen molar-refractivity contribution in [2.45, 2.75) is 12.7 Å². The van der Waals surface area contributed by atoms with Crippen molar-refractivity contribution in [3.05, 3.63) is 78.2 Å². The van der Waals surface area contributed by atoms with Crippen molar-refractivity contribution < 1.29 is 13.2 Å². The minimum atomic E-state index is -4.41. The van der Waals surface area contributed by atoms with Crippen LogP contribution < -0.4 is 5.32 Å². The first-order chi connectivity index (χ1) is 14.3. The van der Waals surface area contributed by atoms with E-state index < -0.39 is 11.7 Å². The fraction of sp³-hybridized carbons (Fsp3) is 0.182. The summed E-state index contributed by atoms with van der Waals surface area (Å²) in [5.41, 5.74) is 3.18. The zero-order chi connectivity index (χ0) is 21.3. The molecule has 4 aromatic rings. The van der Waals surface area contributed by atoms with E-state index in [1.807, 2.05) is 36.7 Å². The molecule has 0 radical (unpaired) electrons. The first kappa shape index (κ1) is 19.9. The number of fused-ring (bicyclic) bond motifs is 1. The zero-order valence-electron chi connectivity index (χ0n) is 16.5. The Morgan fingerprint density at radius 2 is 1.83 bits per heavy atom. The van der Waals surface area contributed by atoms with Gasteiger partial charge in [0.25, 0.3) is 0 Å². The molecule has 30 heavy (non-hydrogen) atoms. The molecule has 0 spiro atoms. The molecule has 0 amide bonds.